The molecular weight excluding hydrogens is 224 g/mol. The van der Waals surface area contributed by atoms with Gasteiger partial charge in [0.05, 0.1) is 0 Å². The molecule has 1 saturated heterocycles. The predicted molar refractivity (Wildman–Crippen MR) is 76.5 cm³/mol. The molecule has 0 aliphatic carbocycles. The summed E-state index contributed by atoms with van der Waals surface area (Å²) in [5, 5.41) is 3.49. The van der Waals surface area contributed by atoms with Gasteiger partial charge in [-0.05, 0) is 25.8 Å². The smallest absolute Gasteiger partial charge is 0.198 e. The molecule has 1 rings (SSSR count). The molecule has 1 N–H and O–H groups in total. The van der Waals surface area contributed by atoms with Gasteiger partial charge in [0.2, 0.25) is 0 Å². The molecule has 3 heteroatoms. The first-order valence-corrected chi connectivity index (χ1v) is 7.68. The summed E-state index contributed by atoms with van der Waals surface area (Å²) in [6.07, 6.45) is 11.4. The summed E-state index contributed by atoms with van der Waals surface area (Å²) in [5.74, 6) is 0. The zero-order valence-corrected chi connectivity index (χ0v) is 11.9. The zero-order chi connectivity index (χ0) is 13.1. The van der Waals surface area contributed by atoms with Gasteiger partial charge >= 0.3 is 0 Å². The number of carbonyl (C=O) groups excluding carboxylic acids is 1. The van der Waals surface area contributed by atoms with E-state index in [2.05, 4.69) is 17.1 Å². The Morgan fingerprint density at radius 2 is 2.11 bits per heavy atom. The number of piperazine rings is 1. The van der Waals surface area contributed by atoms with Crippen LogP contribution in [0.3, 0.4) is 0 Å². The van der Waals surface area contributed by atoms with Gasteiger partial charge in [0, 0.05) is 32.1 Å². The lowest BCUT2D eigenvalue weighted by molar-refractivity contribution is 0.148. The molecule has 1 aliphatic heterocycles. The molecule has 0 saturated carbocycles. The third-order valence-corrected chi connectivity index (χ3v) is 3.84. The van der Waals surface area contributed by atoms with Crippen molar-refractivity contribution in [1.82, 2.24) is 10.2 Å². The summed E-state index contributed by atoms with van der Waals surface area (Å²) in [6.45, 7) is 6.96. The van der Waals surface area contributed by atoms with E-state index in [1.54, 1.807) is 0 Å². The molecule has 1 fully saturated rings. The van der Waals surface area contributed by atoms with Gasteiger partial charge in [0.15, 0.2) is 6.29 Å². The first-order valence-electron chi connectivity index (χ1n) is 7.68. The van der Waals surface area contributed by atoms with E-state index in [1.165, 1.54) is 45.2 Å². The van der Waals surface area contributed by atoms with Gasteiger partial charge in [0.25, 0.3) is 0 Å². The average molecular weight is 253 g/mol. The van der Waals surface area contributed by atoms with Crippen LogP contribution in [0.5, 0.6) is 0 Å². The molecule has 0 bridgehead atoms. The fraction of sp³-hybridized carbons (Fsp3) is 0.933. The maximum Gasteiger partial charge on any atom is 0.198 e. The van der Waals surface area contributed by atoms with Gasteiger partial charge in [-0.2, -0.15) is 0 Å². The topological polar surface area (TPSA) is 32.3 Å². The summed E-state index contributed by atoms with van der Waals surface area (Å²) < 4.78 is 0. The molecule has 0 aromatic heterocycles. The van der Waals surface area contributed by atoms with Crippen molar-refractivity contribution < 1.29 is 4.79 Å². The predicted octanol–water partition coefficient (Wildman–Crippen LogP) is 2.51. The Hall–Kier alpha value is -0.410. The van der Waals surface area contributed by atoms with Gasteiger partial charge in [0.1, 0.15) is 0 Å². The second kappa shape index (κ2) is 10.5. The molecule has 1 radical (unpaired) electrons. The van der Waals surface area contributed by atoms with E-state index in [1.807, 2.05) is 6.29 Å². The van der Waals surface area contributed by atoms with Crippen LogP contribution in [0.15, 0.2) is 0 Å². The summed E-state index contributed by atoms with van der Waals surface area (Å²) >= 11 is 0. The second-order valence-electron chi connectivity index (χ2n) is 5.34. The summed E-state index contributed by atoms with van der Waals surface area (Å²) in [4.78, 5) is 12.8. The van der Waals surface area contributed by atoms with E-state index in [-0.39, 0.29) is 0 Å². The quantitative estimate of drug-likeness (QED) is 0.607. The highest BCUT2D eigenvalue weighted by Gasteiger charge is 2.20. The van der Waals surface area contributed by atoms with E-state index < -0.39 is 0 Å². The van der Waals surface area contributed by atoms with E-state index in [0.717, 1.165) is 25.9 Å². The highest BCUT2D eigenvalue weighted by atomic mass is 16.1. The third kappa shape index (κ3) is 6.50. The van der Waals surface area contributed by atoms with Gasteiger partial charge in [-0.1, -0.05) is 32.6 Å². The van der Waals surface area contributed by atoms with Crippen LogP contribution in [0.4, 0.5) is 0 Å². The second-order valence-corrected chi connectivity index (χ2v) is 5.34. The van der Waals surface area contributed by atoms with Crippen molar-refractivity contribution in [2.45, 2.75) is 64.3 Å². The summed E-state index contributed by atoms with van der Waals surface area (Å²) in [6, 6.07) is 0.687. The molecular formula is C15H29N2O. The van der Waals surface area contributed by atoms with Gasteiger partial charge < -0.3 is 5.32 Å². The molecule has 1 aliphatic rings. The Kier molecular flexibility index (Phi) is 9.13. The molecule has 3 nitrogen and oxygen atoms in total. The van der Waals surface area contributed by atoms with Crippen molar-refractivity contribution in [2.75, 3.05) is 26.2 Å². The zero-order valence-electron chi connectivity index (χ0n) is 11.9. The fourth-order valence-corrected chi connectivity index (χ4v) is 2.70. The number of rotatable bonds is 10. The maximum absolute atomic E-state index is 10.2. The third-order valence-electron chi connectivity index (χ3n) is 3.84. The highest BCUT2D eigenvalue weighted by Crippen LogP contribution is 2.13. The Labute approximate surface area is 112 Å². The van der Waals surface area contributed by atoms with Gasteiger partial charge in [-0.15, -0.1) is 0 Å². The Balaban J connectivity index is 2.17. The molecule has 0 spiro atoms. The minimum absolute atomic E-state index is 0.608. The lowest BCUT2D eigenvalue weighted by Crippen LogP contribution is -2.51. The Bertz CT molecular complexity index is 209. The van der Waals surface area contributed by atoms with Crippen molar-refractivity contribution in [3.63, 3.8) is 0 Å². The van der Waals surface area contributed by atoms with E-state index >= 15 is 0 Å². The largest absolute Gasteiger partial charge is 0.314 e. The number of hydrogen-bond acceptors (Lipinski definition) is 3. The van der Waals surface area contributed by atoms with E-state index in [9.17, 15) is 4.79 Å². The van der Waals surface area contributed by atoms with Crippen LogP contribution >= 0.6 is 0 Å². The number of unbranched alkanes of at least 4 members (excludes halogenated alkanes) is 5. The maximum atomic E-state index is 10.2. The molecule has 105 valence electrons. The van der Waals surface area contributed by atoms with Crippen molar-refractivity contribution >= 4 is 6.29 Å². The normalized spacial score (nSPS) is 21.1. The first-order chi connectivity index (χ1) is 8.88. The van der Waals surface area contributed by atoms with Gasteiger partial charge in [-0.25, -0.2) is 0 Å². The number of nitrogens with one attached hydrogen (secondary N) is 1. The van der Waals surface area contributed by atoms with Crippen LogP contribution < -0.4 is 5.32 Å². The fourth-order valence-electron chi connectivity index (χ4n) is 2.70. The average Bonchev–Trinajstić information content (AvgIpc) is 2.41. The molecule has 0 aromatic rings. The molecule has 0 aromatic carbocycles. The summed E-state index contributed by atoms with van der Waals surface area (Å²) in [7, 11) is 0. The highest BCUT2D eigenvalue weighted by molar-refractivity contribution is 5.50. The van der Waals surface area contributed by atoms with Crippen molar-refractivity contribution in [1.29, 1.82) is 0 Å². The Morgan fingerprint density at radius 1 is 1.22 bits per heavy atom. The van der Waals surface area contributed by atoms with Crippen LogP contribution in [-0.2, 0) is 4.79 Å². The number of hydrogen-bond donors (Lipinski definition) is 1. The van der Waals surface area contributed by atoms with Crippen LogP contribution in [0.25, 0.3) is 0 Å². The summed E-state index contributed by atoms with van der Waals surface area (Å²) in [5.41, 5.74) is 0. The van der Waals surface area contributed by atoms with Crippen LogP contribution in [0.2, 0.25) is 0 Å². The lowest BCUT2D eigenvalue weighted by Gasteiger charge is -2.36. The molecule has 0 amide bonds. The monoisotopic (exact) mass is 253 g/mol. The van der Waals surface area contributed by atoms with E-state index in [4.69, 9.17) is 0 Å². The first kappa shape index (κ1) is 15.6. The van der Waals surface area contributed by atoms with Crippen molar-refractivity contribution in [3.05, 3.63) is 0 Å². The van der Waals surface area contributed by atoms with Gasteiger partial charge in [-0.3, -0.25) is 9.69 Å². The van der Waals surface area contributed by atoms with Crippen LogP contribution in [0, 0.1) is 0 Å². The molecule has 1 unspecified atom stereocenters. The lowest BCUT2D eigenvalue weighted by atomic mass is 10.0. The van der Waals surface area contributed by atoms with E-state index in [0.29, 0.717) is 12.5 Å². The van der Waals surface area contributed by atoms with Crippen LogP contribution in [0.1, 0.15) is 58.3 Å². The molecule has 18 heavy (non-hydrogen) atoms. The molecule has 1 heterocycles. The van der Waals surface area contributed by atoms with Crippen molar-refractivity contribution in [3.8, 4) is 0 Å². The number of nitrogens with zero attached hydrogens (tertiary/aromatic N) is 1. The SMILES string of the molecule is CCCCCCN1CCNCC1CCCC[C]=O. The minimum atomic E-state index is 0.608. The minimum Gasteiger partial charge on any atom is -0.314 e. The van der Waals surface area contributed by atoms with Crippen molar-refractivity contribution in [2.24, 2.45) is 0 Å². The Morgan fingerprint density at radius 3 is 2.89 bits per heavy atom. The molecule has 1 atom stereocenters. The van der Waals surface area contributed by atoms with Crippen LogP contribution in [-0.4, -0.2) is 43.4 Å². The standard InChI is InChI=1S/C15H29N2O/c1-2-3-4-7-11-17-12-10-16-14-15(17)9-6-5-8-13-18/h15-16H,2-12,14H2,1H3.